The van der Waals surface area contributed by atoms with E-state index < -0.39 is 0 Å². The summed E-state index contributed by atoms with van der Waals surface area (Å²) < 4.78 is 7.65. The Balaban J connectivity index is 1.42. The summed E-state index contributed by atoms with van der Waals surface area (Å²) in [5, 5.41) is 0. The number of hydrogen-bond acceptors (Lipinski definition) is 6. The highest BCUT2D eigenvalue weighted by Crippen LogP contribution is 2.34. The molecule has 166 valence electrons. The van der Waals surface area contributed by atoms with Crippen molar-refractivity contribution in [3.05, 3.63) is 22.6 Å². The van der Waals surface area contributed by atoms with Crippen LogP contribution in [-0.4, -0.2) is 62.1 Å². The third-order valence-corrected chi connectivity index (χ3v) is 7.37. The first-order chi connectivity index (χ1) is 14.7. The van der Waals surface area contributed by atoms with Gasteiger partial charge in [-0.15, -0.1) is 0 Å². The van der Waals surface area contributed by atoms with E-state index in [9.17, 15) is 9.59 Å². The first kappa shape index (κ1) is 20.6. The van der Waals surface area contributed by atoms with Gasteiger partial charge in [-0.05, 0) is 42.3 Å². The summed E-state index contributed by atoms with van der Waals surface area (Å²) in [5.41, 5.74) is 1.58. The van der Waals surface area contributed by atoms with Crippen LogP contribution >= 0.6 is 11.9 Å². The number of aromatic nitrogens is 3. The van der Waals surface area contributed by atoms with E-state index in [4.69, 9.17) is 4.98 Å². The van der Waals surface area contributed by atoms with Crippen molar-refractivity contribution in [3.8, 4) is 0 Å². The molecule has 0 radical (unpaired) electrons. The van der Waals surface area contributed by atoms with Crippen LogP contribution in [0.3, 0.4) is 0 Å². The molecule has 4 aliphatic rings. The molecule has 2 aromatic rings. The molecule has 2 bridgehead atoms. The summed E-state index contributed by atoms with van der Waals surface area (Å²) in [7, 11) is 1.80. The van der Waals surface area contributed by atoms with Crippen LogP contribution in [0, 0.1) is 11.3 Å². The second kappa shape index (κ2) is 7.39. The maximum atomic E-state index is 13.0. The van der Waals surface area contributed by atoms with E-state index in [1.165, 1.54) is 11.9 Å². The molecule has 3 atom stereocenters. The molecule has 1 amide bonds. The maximum absolute atomic E-state index is 13.0. The minimum absolute atomic E-state index is 0.00132. The zero-order valence-electron chi connectivity index (χ0n) is 18.6. The average Bonchev–Trinajstić information content (AvgIpc) is 3.36. The molecule has 0 N–H and O–H groups in total. The molecule has 3 fully saturated rings. The lowest BCUT2D eigenvalue weighted by atomic mass is 9.89. The minimum atomic E-state index is -0.0793. The Morgan fingerprint density at radius 1 is 1.19 bits per heavy atom. The molecule has 3 saturated heterocycles. The second-order valence-electron chi connectivity index (χ2n) is 10.2. The molecular weight excluding hydrogens is 412 g/mol. The molecule has 4 aliphatic heterocycles. The molecule has 9 heteroatoms. The van der Waals surface area contributed by atoms with Crippen molar-refractivity contribution in [1.82, 2.24) is 19.0 Å². The molecule has 8 nitrogen and oxygen atoms in total. The van der Waals surface area contributed by atoms with Gasteiger partial charge in [0.25, 0.3) is 0 Å². The lowest BCUT2D eigenvalue weighted by Gasteiger charge is -2.52. The first-order valence-corrected chi connectivity index (χ1v) is 12.0. The molecule has 0 aliphatic carbocycles. The summed E-state index contributed by atoms with van der Waals surface area (Å²) >= 11 is 1.47. The Labute approximate surface area is 186 Å². The third-order valence-electron chi connectivity index (χ3n) is 6.59. The lowest BCUT2D eigenvalue weighted by Crippen LogP contribution is -2.65. The number of piperidine rings is 2. The number of piperazine rings is 1. The van der Waals surface area contributed by atoms with Gasteiger partial charge in [-0.1, -0.05) is 20.8 Å². The van der Waals surface area contributed by atoms with E-state index >= 15 is 0 Å². The number of rotatable bonds is 3. The summed E-state index contributed by atoms with van der Waals surface area (Å²) in [6.45, 7) is 8.58. The van der Waals surface area contributed by atoms with Crippen molar-refractivity contribution in [2.45, 2.75) is 52.2 Å². The SMILES string of the molecule is Cn1c(=O)n(CC(C)(C)C)c2ccc(N3CC4CCC3CN4C(=O)C3C=NSC3)nc21. The Kier molecular flexibility index (Phi) is 4.91. The fraction of sp³-hybridized carbons (Fsp3) is 0.636. The number of imidazole rings is 1. The monoisotopic (exact) mass is 442 g/mol. The predicted molar refractivity (Wildman–Crippen MR) is 125 cm³/mol. The van der Waals surface area contributed by atoms with Gasteiger partial charge in [-0.25, -0.2) is 14.2 Å². The Hall–Kier alpha value is -2.29. The van der Waals surface area contributed by atoms with Gasteiger partial charge >= 0.3 is 5.69 Å². The zero-order chi connectivity index (χ0) is 21.9. The zero-order valence-corrected chi connectivity index (χ0v) is 19.4. The topological polar surface area (TPSA) is 75.7 Å². The van der Waals surface area contributed by atoms with Gasteiger partial charge in [0.1, 0.15) is 5.82 Å². The molecule has 6 rings (SSSR count). The number of pyridine rings is 1. The number of nitrogens with zero attached hydrogens (tertiary/aromatic N) is 6. The van der Waals surface area contributed by atoms with Crippen molar-refractivity contribution in [2.75, 3.05) is 23.7 Å². The number of aryl methyl sites for hydroxylation is 1. The standard InChI is InChI=1S/C22H30N6O2S/c1-22(2,3)13-28-17-7-8-18(24-19(17)25(4)21(28)30)26-10-16-6-5-15(26)11-27(16)20(29)14-9-23-31-12-14/h7-9,14-16H,5-6,10-13H2,1-4H3. The smallest absolute Gasteiger partial charge is 0.330 e. The van der Waals surface area contributed by atoms with Crippen LogP contribution in [0.2, 0.25) is 0 Å². The predicted octanol–water partition coefficient (Wildman–Crippen LogP) is 2.31. The van der Waals surface area contributed by atoms with Crippen molar-refractivity contribution in [1.29, 1.82) is 0 Å². The van der Waals surface area contributed by atoms with Gasteiger partial charge in [0.05, 0.1) is 11.4 Å². The molecule has 6 heterocycles. The minimum Gasteiger partial charge on any atom is -0.350 e. The molecular formula is C22H30N6O2S. The van der Waals surface area contributed by atoms with Crippen LogP contribution < -0.4 is 10.6 Å². The average molecular weight is 443 g/mol. The maximum Gasteiger partial charge on any atom is 0.330 e. The van der Waals surface area contributed by atoms with Gasteiger partial charge in [0, 0.05) is 50.7 Å². The molecule has 3 unspecified atom stereocenters. The van der Waals surface area contributed by atoms with E-state index in [1.54, 1.807) is 17.8 Å². The molecule has 2 aromatic heterocycles. The molecule has 0 aromatic carbocycles. The quantitative estimate of drug-likeness (QED) is 0.682. The van der Waals surface area contributed by atoms with Gasteiger partial charge in [-0.3, -0.25) is 13.9 Å². The van der Waals surface area contributed by atoms with Crippen LogP contribution in [0.15, 0.2) is 21.3 Å². The lowest BCUT2D eigenvalue weighted by molar-refractivity contribution is -0.137. The van der Waals surface area contributed by atoms with Crippen LogP contribution in [0.4, 0.5) is 5.82 Å². The number of carbonyl (C=O) groups is 1. The first-order valence-electron chi connectivity index (χ1n) is 11.0. The fourth-order valence-corrected chi connectivity index (χ4v) is 5.77. The van der Waals surface area contributed by atoms with Gasteiger partial charge in [0.15, 0.2) is 5.65 Å². The highest BCUT2D eigenvalue weighted by molar-refractivity contribution is 7.98. The van der Waals surface area contributed by atoms with E-state index in [1.807, 2.05) is 16.7 Å². The van der Waals surface area contributed by atoms with Crippen LogP contribution in [-0.2, 0) is 18.4 Å². The highest BCUT2D eigenvalue weighted by atomic mass is 32.2. The number of amides is 1. The van der Waals surface area contributed by atoms with E-state index in [0.29, 0.717) is 6.54 Å². The van der Waals surface area contributed by atoms with E-state index in [2.05, 4.69) is 35.0 Å². The highest BCUT2D eigenvalue weighted by Gasteiger charge is 2.43. The Morgan fingerprint density at radius 3 is 2.61 bits per heavy atom. The van der Waals surface area contributed by atoms with Gasteiger partial charge in [0.2, 0.25) is 5.91 Å². The Morgan fingerprint density at radius 2 is 1.97 bits per heavy atom. The summed E-state index contributed by atoms with van der Waals surface area (Å²) in [6.07, 6.45) is 3.89. The van der Waals surface area contributed by atoms with Gasteiger partial charge < -0.3 is 9.80 Å². The number of carbonyl (C=O) groups excluding carboxylic acids is 1. The van der Waals surface area contributed by atoms with Crippen LogP contribution in [0.1, 0.15) is 33.6 Å². The van der Waals surface area contributed by atoms with Crippen molar-refractivity contribution >= 4 is 41.1 Å². The van der Waals surface area contributed by atoms with Gasteiger partial charge in [-0.2, -0.15) is 0 Å². The van der Waals surface area contributed by atoms with Crippen molar-refractivity contribution < 1.29 is 4.79 Å². The number of anilines is 1. The van der Waals surface area contributed by atoms with E-state index in [-0.39, 0.29) is 35.0 Å². The number of hydrogen-bond donors (Lipinski definition) is 0. The largest absolute Gasteiger partial charge is 0.350 e. The van der Waals surface area contributed by atoms with Crippen molar-refractivity contribution in [3.63, 3.8) is 0 Å². The summed E-state index contributed by atoms with van der Waals surface area (Å²) in [6, 6.07) is 4.54. The molecule has 0 saturated carbocycles. The van der Waals surface area contributed by atoms with Crippen LogP contribution in [0.25, 0.3) is 11.2 Å². The second-order valence-corrected chi connectivity index (χ2v) is 11.0. The summed E-state index contributed by atoms with van der Waals surface area (Å²) in [5.74, 6) is 1.79. The third kappa shape index (κ3) is 3.56. The number of fused-ring (bicyclic) bond motifs is 4. The normalized spacial score (nSPS) is 25.7. The van der Waals surface area contributed by atoms with Crippen molar-refractivity contribution in [2.24, 2.45) is 22.8 Å². The van der Waals surface area contributed by atoms with E-state index in [0.717, 1.165) is 48.7 Å². The fourth-order valence-electron chi connectivity index (χ4n) is 5.06. The Bertz CT molecular complexity index is 1110. The van der Waals surface area contributed by atoms with Crippen LogP contribution in [0.5, 0.6) is 0 Å². The summed E-state index contributed by atoms with van der Waals surface area (Å²) in [4.78, 5) is 35.1. The molecule has 0 spiro atoms. The molecule has 31 heavy (non-hydrogen) atoms.